The number of nitrogens with one attached hydrogen (secondary N) is 1. The van der Waals surface area contributed by atoms with Gasteiger partial charge in [0.25, 0.3) is 5.56 Å². The number of aromatic amines is 1. The van der Waals surface area contributed by atoms with Crippen molar-refractivity contribution in [2.45, 2.75) is 64.0 Å². The smallest absolute Gasteiger partial charge is 0.253 e. The van der Waals surface area contributed by atoms with Gasteiger partial charge in [-0.05, 0) is 60.7 Å². The molecule has 0 amide bonds. The van der Waals surface area contributed by atoms with E-state index in [4.69, 9.17) is 9.47 Å². The second-order valence-electron chi connectivity index (χ2n) is 9.76. The number of ether oxygens (including phenoxy) is 2. The second-order valence-corrected chi connectivity index (χ2v) is 9.76. The molecule has 174 valence electrons. The molecule has 2 aliphatic heterocycles. The van der Waals surface area contributed by atoms with Crippen molar-refractivity contribution in [2.75, 3.05) is 19.9 Å². The van der Waals surface area contributed by atoms with Gasteiger partial charge in [0.1, 0.15) is 6.04 Å². The van der Waals surface area contributed by atoms with E-state index >= 15 is 0 Å². The third-order valence-corrected chi connectivity index (χ3v) is 7.40. The summed E-state index contributed by atoms with van der Waals surface area (Å²) in [5.41, 5.74) is 1.32. The van der Waals surface area contributed by atoms with E-state index < -0.39 is 0 Å². The van der Waals surface area contributed by atoms with Crippen molar-refractivity contribution in [1.82, 2.24) is 30.1 Å². The number of fused-ring (bicyclic) bond motifs is 2. The quantitative estimate of drug-likeness (QED) is 0.649. The van der Waals surface area contributed by atoms with Gasteiger partial charge in [0.2, 0.25) is 6.79 Å². The maximum absolute atomic E-state index is 13.4. The van der Waals surface area contributed by atoms with Gasteiger partial charge in [-0.3, -0.25) is 9.69 Å². The molecule has 0 spiro atoms. The Morgan fingerprint density at radius 1 is 1.06 bits per heavy atom. The molecule has 0 radical (unpaired) electrons. The molecule has 0 bridgehead atoms. The van der Waals surface area contributed by atoms with Gasteiger partial charge in [-0.1, -0.05) is 26.2 Å². The Hall–Kier alpha value is -2.94. The fourth-order valence-electron chi connectivity index (χ4n) is 5.74. The zero-order chi connectivity index (χ0) is 22.4. The van der Waals surface area contributed by atoms with E-state index in [1.54, 1.807) is 0 Å². The van der Waals surface area contributed by atoms with Crippen molar-refractivity contribution in [3.8, 4) is 11.5 Å². The lowest BCUT2D eigenvalue weighted by Crippen LogP contribution is -2.41. The minimum absolute atomic E-state index is 0.109. The summed E-state index contributed by atoms with van der Waals surface area (Å²) in [5.74, 6) is 2.71. The summed E-state index contributed by atoms with van der Waals surface area (Å²) in [4.78, 5) is 18.9. The molecule has 9 nitrogen and oxygen atoms in total. The highest BCUT2D eigenvalue weighted by molar-refractivity contribution is 5.83. The number of likely N-dealkylation sites (tertiary alicyclic amines) is 1. The molecule has 1 saturated heterocycles. The number of benzene rings is 1. The highest BCUT2D eigenvalue weighted by Gasteiger charge is 2.34. The molecule has 4 heterocycles. The molecule has 3 aromatic rings. The van der Waals surface area contributed by atoms with Crippen LogP contribution in [-0.2, 0) is 0 Å². The molecule has 1 saturated carbocycles. The monoisotopic (exact) mass is 450 g/mol. The molecule has 1 N–H and O–H groups in total. The summed E-state index contributed by atoms with van der Waals surface area (Å²) in [6.45, 7) is 4.32. The minimum atomic E-state index is -0.289. The predicted molar refractivity (Wildman–Crippen MR) is 122 cm³/mol. The summed E-state index contributed by atoms with van der Waals surface area (Å²) in [6.07, 6.45) is 8.12. The molecule has 2 atom stereocenters. The normalized spacial score (nSPS) is 22.6. The Bertz CT molecular complexity index is 1210. The Morgan fingerprint density at radius 2 is 1.88 bits per heavy atom. The molecule has 33 heavy (non-hydrogen) atoms. The number of pyridine rings is 1. The Morgan fingerprint density at radius 3 is 2.70 bits per heavy atom. The maximum atomic E-state index is 13.4. The molecule has 1 aromatic carbocycles. The Kier molecular flexibility index (Phi) is 5.28. The summed E-state index contributed by atoms with van der Waals surface area (Å²) >= 11 is 0. The van der Waals surface area contributed by atoms with E-state index in [-0.39, 0.29) is 18.4 Å². The zero-order valence-electron chi connectivity index (χ0n) is 19.0. The second kappa shape index (κ2) is 8.44. The Labute approximate surface area is 192 Å². The standard InChI is InChI=1S/C24H30N6O3/c1-15-6-5-9-29(13-15)22(23-26-27-28-30(23)17-7-3-2-4-8-17)18-10-16-11-20-21(33-14-32-20)12-19(16)25-24(18)31/h10-12,15,17,22H,2-9,13-14H2,1H3,(H,25,31). The molecule has 2 aromatic heterocycles. The first-order chi connectivity index (χ1) is 16.2. The summed E-state index contributed by atoms with van der Waals surface area (Å²) < 4.78 is 13.1. The minimum Gasteiger partial charge on any atom is -0.454 e. The fourth-order valence-corrected chi connectivity index (χ4v) is 5.74. The summed E-state index contributed by atoms with van der Waals surface area (Å²) in [7, 11) is 0. The molecular formula is C24H30N6O3. The maximum Gasteiger partial charge on any atom is 0.253 e. The van der Waals surface area contributed by atoms with Crippen LogP contribution >= 0.6 is 0 Å². The van der Waals surface area contributed by atoms with Gasteiger partial charge in [0.15, 0.2) is 17.3 Å². The van der Waals surface area contributed by atoms with Crippen LogP contribution in [0.2, 0.25) is 0 Å². The number of hydrogen-bond donors (Lipinski definition) is 1. The van der Waals surface area contributed by atoms with Crippen LogP contribution in [0.5, 0.6) is 11.5 Å². The molecule has 2 fully saturated rings. The van der Waals surface area contributed by atoms with Crippen LogP contribution in [0.1, 0.15) is 75.3 Å². The van der Waals surface area contributed by atoms with E-state index in [0.29, 0.717) is 29.0 Å². The topological polar surface area (TPSA) is 98.2 Å². The third-order valence-electron chi connectivity index (χ3n) is 7.40. The lowest BCUT2D eigenvalue weighted by molar-refractivity contribution is 0.138. The molecule has 3 aliphatic rings. The number of rotatable bonds is 4. The van der Waals surface area contributed by atoms with Crippen molar-refractivity contribution in [2.24, 2.45) is 5.92 Å². The van der Waals surface area contributed by atoms with Crippen LogP contribution < -0.4 is 15.0 Å². The summed E-state index contributed by atoms with van der Waals surface area (Å²) in [5, 5.41) is 13.9. The first-order valence-corrected chi connectivity index (χ1v) is 12.2. The van der Waals surface area contributed by atoms with E-state index in [1.807, 2.05) is 22.9 Å². The number of tetrazole rings is 1. The van der Waals surface area contributed by atoms with Gasteiger partial charge in [-0.25, -0.2) is 4.68 Å². The third kappa shape index (κ3) is 3.78. The van der Waals surface area contributed by atoms with Gasteiger partial charge in [0, 0.05) is 23.6 Å². The number of H-pyrrole nitrogens is 1. The van der Waals surface area contributed by atoms with Crippen LogP contribution in [0, 0.1) is 5.92 Å². The lowest BCUT2D eigenvalue weighted by atomic mass is 9.93. The average molecular weight is 451 g/mol. The van der Waals surface area contributed by atoms with E-state index in [0.717, 1.165) is 49.1 Å². The molecular weight excluding hydrogens is 420 g/mol. The first-order valence-electron chi connectivity index (χ1n) is 12.2. The van der Waals surface area contributed by atoms with Crippen LogP contribution in [-0.4, -0.2) is 50.0 Å². The van der Waals surface area contributed by atoms with Crippen molar-refractivity contribution < 1.29 is 9.47 Å². The largest absolute Gasteiger partial charge is 0.454 e. The van der Waals surface area contributed by atoms with Crippen LogP contribution in [0.15, 0.2) is 23.0 Å². The number of hydrogen-bond acceptors (Lipinski definition) is 7. The van der Waals surface area contributed by atoms with Crippen molar-refractivity contribution >= 4 is 10.9 Å². The summed E-state index contributed by atoms with van der Waals surface area (Å²) in [6, 6.07) is 5.77. The predicted octanol–water partition coefficient (Wildman–Crippen LogP) is 3.57. The van der Waals surface area contributed by atoms with Crippen LogP contribution in [0.4, 0.5) is 0 Å². The molecule has 9 heteroatoms. The van der Waals surface area contributed by atoms with Gasteiger partial charge >= 0.3 is 0 Å². The van der Waals surface area contributed by atoms with Gasteiger partial charge < -0.3 is 14.5 Å². The lowest BCUT2D eigenvalue weighted by Gasteiger charge is -2.37. The SMILES string of the molecule is CC1CCCN(C(c2cc3cc4c(cc3[nH]c2=O)OCO4)c2nnnn2C2CCCCC2)C1. The first kappa shape index (κ1) is 20.7. The number of piperidine rings is 1. The van der Waals surface area contributed by atoms with Gasteiger partial charge in [0.05, 0.1) is 11.6 Å². The highest BCUT2D eigenvalue weighted by atomic mass is 16.7. The van der Waals surface area contributed by atoms with E-state index in [9.17, 15) is 4.79 Å². The molecule has 2 unspecified atom stereocenters. The van der Waals surface area contributed by atoms with Crippen molar-refractivity contribution in [1.29, 1.82) is 0 Å². The number of nitrogens with zero attached hydrogens (tertiary/aromatic N) is 5. The van der Waals surface area contributed by atoms with Gasteiger partial charge in [-0.2, -0.15) is 0 Å². The van der Waals surface area contributed by atoms with Gasteiger partial charge in [-0.15, -0.1) is 5.10 Å². The van der Waals surface area contributed by atoms with Crippen LogP contribution in [0.3, 0.4) is 0 Å². The van der Waals surface area contributed by atoms with E-state index in [1.165, 1.54) is 25.7 Å². The average Bonchev–Trinajstić information content (AvgIpc) is 3.48. The van der Waals surface area contributed by atoms with Crippen LogP contribution in [0.25, 0.3) is 10.9 Å². The highest BCUT2D eigenvalue weighted by Crippen LogP contribution is 2.38. The number of aromatic nitrogens is 5. The molecule has 6 rings (SSSR count). The van der Waals surface area contributed by atoms with Crippen molar-refractivity contribution in [3.05, 3.63) is 39.9 Å². The van der Waals surface area contributed by atoms with E-state index in [2.05, 4.69) is 32.3 Å². The fraction of sp³-hybridized carbons (Fsp3) is 0.583. The van der Waals surface area contributed by atoms with Crippen molar-refractivity contribution in [3.63, 3.8) is 0 Å². The molecule has 1 aliphatic carbocycles. The Balaban J connectivity index is 1.48. The zero-order valence-corrected chi connectivity index (χ0v) is 19.0.